The van der Waals surface area contributed by atoms with E-state index in [9.17, 15) is 32.3 Å². The molecule has 1 unspecified atom stereocenters. The van der Waals surface area contributed by atoms with Crippen molar-refractivity contribution in [3.8, 4) is 11.1 Å². The Labute approximate surface area is 274 Å². The molecule has 12 heteroatoms. The van der Waals surface area contributed by atoms with Crippen LogP contribution >= 0.6 is 11.3 Å². The van der Waals surface area contributed by atoms with Crippen LogP contribution in [0.4, 0.5) is 18.9 Å². The van der Waals surface area contributed by atoms with E-state index >= 15 is 0 Å². The molecule has 0 aliphatic heterocycles. The minimum absolute atomic E-state index is 0.110. The highest BCUT2D eigenvalue weighted by Crippen LogP contribution is 2.32. The zero-order chi connectivity index (χ0) is 34.3. The molecule has 0 saturated carbocycles. The Kier molecular flexibility index (Phi) is 11.2. The lowest BCUT2D eigenvalue weighted by atomic mass is 9.97. The number of ether oxygens (including phenoxy) is 2. The molecule has 1 N–H and O–H groups in total. The maximum atomic E-state index is 13.5. The summed E-state index contributed by atoms with van der Waals surface area (Å²) in [5.74, 6) is -2.93. The fourth-order valence-corrected chi connectivity index (χ4v) is 5.68. The molecule has 4 aromatic rings. The highest BCUT2D eigenvalue weighted by molar-refractivity contribution is 7.12. The molecule has 0 saturated heterocycles. The van der Waals surface area contributed by atoms with Crippen LogP contribution < -0.4 is 5.32 Å². The number of esters is 2. The fourth-order valence-electron chi connectivity index (χ4n) is 4.73. The van der Waals surface area contributed by atoms with Gasteiger partial charge in [0.2, 0.25) is 0 Å². The second-order valence-corrected chi connectivity index (χ2v) is 12.1. The van der Waals surface area contributed by atoms with E-state index in [1.54, 1.807) is 37.3 Å². The number of alkyl halides is 3. The minimum atomic E-state index is -4.50. The topological polar surface area (TPSA) is 102 Å². The first-order valence-corrected chi connectivity index (χ1v) is 15.4. The van der Waals surface area contributed by atoms with E-state index in [0.29, 0.717) is 21.6 Å². The molecule has 0 fully saturated rings. The van der Waals surface area contributed by atoms with Crippen molar-refractivity contribution in [2.75, 3.05) is 32.6 Å². The Balaban J connectivity index is 1.53. The van der Waals surface area contributed by atoms with Crippen LogP contribution in [-0.2, 0) is 31.7 Å². The van der Waals surface area contributed by atoms with Crippen molar-refractivity contribution in [3.05, 3.63) is 111 Å². The number of hydrogen-bond donors (Lipinski definition) is 1. The van der Waals surface area contributed by atoms with Crippen molar-refractivity contribution in [2.24, 2.45) is 0 Å². The lowest BCUT2D eigenvalue weighted by molar-refractivity contribution is -0.150. The van der Waals surface area contributed by atoms with Crippen LogP contribution in [0.15, 0.2) is 78.9 Å². The number of carbonyl (C=O) groups is 4. The van der Waals surface area contributed by atoms with E-state index in [1.165, 1.54) is 60.7 Å². The molecule has 47 heavy (non-hydrogen) atoms. The zero-order valence-corrected chi connectivity index (χ0v) is 27.0. The van der Waals surface area contributed by atoms with Crippen molar-refractivity contribution < 1.29 is 41.8 Å². The number of nitrogens with one attached hydrogen (secondary N) is 1. The second kappa shape index (κ2) is 15.1. The predicted molar refractivity (Wildman–Crippen MR) is 172 cm³/mol. The van der Waals surface area contributed by atoms with E-state index in [0.717, 1.165) is 17.0 Å². The number of halogens is 3. The van der Waals surface area contributed by atoms with Crippen LogP contribution in [0.1, 0.15) is 54.4 Å². The number of hydrogen-bond acceptors (Lipinski definition) is 7. The molecular formula is C35H33F3N2O6S. The Morgan fingerprint density at radius 3 is 2.21 bits per heavy atom. The smallest absolute Gasteiger partial charge is 0.416 e. The van der Waals surface area contributed by atoms with Crippen LogP contribution in [0, 0.1) is 6.92 Å². The summed E-state index contributed by atoms with van der Waals surface area (Å²) >= 11 is 1.41. The molecule has 0 bridgehead atoms. The average molecular weight is 667 g/mol. The standard InChI is InChI=1S/C35H33F3N2O6S/c1-5-45-34(44)28(30-17-10-21(2)47-30)20-46-31(41)19-22-11-16-29(27(18-22)33(43)40(3)4)39-32(42)26-9-7-6-8-25(26)23-12-14-24(15-13-23)35(36,37)38/h6-18,28H,5,19-20H2,1-4H3,(H,39,42). The zero-order valence-electron chi connectivity index (χ0n) is 26.1. The molecule has 4 rings (SSSR count). The van der Waals surface area contributed by atoms with Crippen molar-refractivity contribution in [1.82, 2.24) is 4.90 Å². The predicted octanol–water partition coefficient (Wildman–Crippen LogP) is 7.13. The quantitative estimate of drug-likeness (QED) is 0.171. The molecule has 0 radical (unpaired) electrons. The summed E-state index contributed by atoms with van der Waals surface area (Å²) in [6.45, 7) is 3.56. The third-order valence-corrected chi connectivity index (χ3v) is 8.21. The van der Waals surface area contributed by atoms with Gasteiger partial charge in [-0.25, -0.2) is 0 Å². The van der Waals surface area contributed by atoms with Gasteiger partial charge in [-0.2, -0.15) is 13.2 Å². The van der Waals surface area contributed by atoms with E-state index < -0.39 is 41.4 Å². The molecule has 0 aliphatic carbocycles. The van der Waals surface area contributed by atoms with Gasteiger partial charge in [-0.1, -0.05) is 36.4 Å². The Morgan fingerprint density at radius 2 is 1.60 bits per heavy atom. The van der Waals surface area contributed by atoms with Gasteiger partial charge in [0.05, 0.1) is 29.8 Å². The number of benzene rings is 3. The third kappa shape index (κ3) is 8.85. The summed E-state index contributed by atoms with van der Waals surface area (Å²) in [5.41, 5.74) is 0.889. The van der Waals surface area contributed by atoms with Gasteiger partial charge in [-0.05, 0) is 73.0 Å². The van der Waals surface area contributed by atoms with Gasteiger partial charge in [-0.3, -0.25) is 19.2 Å². The van der Waals surface area contributed by atoms with Gasteiger partial charge in [0, 0.05) is 29.4 Å². The number of nitrogens with zero attached hydrogens (tertiary/aromatic N) is 1. The van der Waals surface area contributed by atoms with Crippen molar-refractivity contribution in [3.63, 3.8) is 0 Å². The third-order valence-electron chi connectivity index (χ3n) is 7.10. The van der Waals surface area contributed by atoms with Gasteiger partial charge < -0.3 is 19.7 Å². The maximum Gasteiger partial charge on any atom is 0.416 e. The lowest BCUT2D eigenvalue weighted by Crippen LogP contribution is -2.25. The van der Waals surface area contributed by atoms with Gasteiger partial charge in [0.25, 0.3) is 11.8 Å². The van der Waals surface area contributed by atoms with E-state index in [-0.39, 0.29) is 36.4 Å². The van der Waals surface area contributed by atoms with Crippen LogP contribution in [0.25, 0.3) is 11.1 Å². The van der Waals surface area contributed by atoms with Gasteiger partial charge in [0.1, 0.15) is 12.5 Å². The molecular weight excluding hydrogens is 633 g/mol. The number of carbonyl (C=O) groups excluding carboxylic acids is 4. The number of thiophene rings is 1. The first-order valence-electron chi connectivity index (χ1n) is 14.6. The van der Waals surface area contributed by atoms with Crippen molar-refractivity contribution >= 4 is 40.8 Å². The largest absolute Gasteiger partial charge is 0.465 e. The normalized spacial score (nSPS) is 11.8. The molecule has 3 aromatic carbocycles. The fraction of sp³-hybridized carbons (Fsp3) is 0.257. The molecule has 1 atom stereocenters. The molecule has 246 valence electrons. The summed E-state index contributed by atoms with van der Waals surface area (Å²) in [7, 11) is 3.08. The van der Waals surface area contributed by atoms with Gasteiger partial charge in [0.15, 0.2) is 0 Å². The van der Waals surface area contributed by atoms with Crippen LogP contribution in [0.2, 0.25) is 0 Å². The molecule has 8 nitrogen and oxygen atoms in total. The number of aryl methyl sites for hydroxylation is 1. The summed E-state index contributed by atoms with van der Waals surface area (Å²) in [6, 6.07) is 19.1. The molecule has 0 spiro atoms. The van der Waals surface area contributed by atoms with E-state index in [1.807, 2.05) is 13.0 Å². The highest BCUT2D eigenvalue weighted by atomic mass is 32.1. The molecule has 2 amide bonds. The van der Waals surface area contributed by atoms with Crippen LogP contribution in [0.3, 0.4) is 0 Å². The van der Waals surface area contributed by atoms with Gasteiger partial charge in [-0.15, -0.1) is 11.3 Å². The Bertz CT molecular complexity index is 1770. The first kappa shape index (κ1) is 34.9. The average Bonchev–Trinajstić information content (AvgIpc) is 3.46. The van der Waals surface area contributed by atoms with Crippen molar-refractivity contribution in [2.45, 2.75) is 32.4 Å². The van der Waals surface area contributed by atoms with Crippen LogP contribution in [-0.4, -0.2) is 56.0 Å². The maximum absolute atomic E-state index is 13.5. The first-order chi connectivity index (χ1) is 22.3. The summed E-state index contributed by atoms with van der Waals surface area (Å²) in [5, 5.41) is 2.74. The van der Waals surface area contributed by atoms with Crippen LogP contribution in [0.5, 0.6) is 0 Å². The van der Waals surface area contributed by atoms with E-state index in [4.69, 9.17) is 9.47 Å². The number of amides is 2. The summed E-state index contributed by atoms with van der Waals surface area (Å²) < 4.78 is 49.9. The number of anilines is 1. The lowest BCUT2D eigenvalue weighted by Gasteiger charge is -2.17. The molecule has 1 heterocycles. The minimum Gasteiger partial charge on any atom is -0.465 e. The summed E-state index contributed by atoms with van der Waals surface area (Å²) in [4.78, 5) is 55.1. The second-order valence-electron chi connectivity index (χ2n) is 10.8. The number of rotatable bonds is 11. The van der Waals surface area contributed by atoms with E-state index in [2.05, 4.69) is 5.32 Å². The Morgan fingerprint density at radius 1 is 0.894 bits per heavy atom. The van der Waals surface area contributed by atoms with Gasteiger partial charge >= 0.3 is 18.1 Å². The molecule has 0 aliphatic rings. The SMILES string of the molecule is CCOC(=O)C(COC(=O)Cc1ccc(NC(=O)c2ccccc2-c2ccc(C(F)(F)F)cc2)c(C(=O)N(C)C)c1)c1ccc(C)s1. The van der Waals surface area contributed by atoms with Crippen molar-refractivity contribution in [1.29, 1.82) is 0 Å². The summed E-state index contributed by atoms with van der Waals surface area (Å²) in [6.07, 6.45) is -4.71. The monoisotopic (exact) mass is 666 g/mol. The highest BCUT2D eigenvalue weighted by Gasteiger charge is 2.30. The Hall–Kier alpha value is -4.97. The molecule has 1 aromatic heterocycles.